The number of ether oxygens (including phenoxy) is 1. The van der Waals surface area contributed by atoms with Crippen LogP contribution in [0.2, 0.25) is 0 Å². The highest BCUT2D eigenvalue weighted by molar-refractivity contribution is 5.94. The number of urea groups is 1. The molecule has 1 saturated heterocycles. The van der Waals surface area contributed by atoms with E-state index in [1.165, 1.54) is 19.2 Å². The number of carbonyl (C=O) groups is 2. The van der Waals surface area contributed by atoms with Crippen LogP contribution >= 0.6 is 0 Å². The van der Waals surface area contributed by atoms with E-state index < -0.39 is 5.82 Å². The Morgan fingerprint density at radius 3 is 2.36 bits per heavy atom. The average Bonchev–Trinajstić information content (AvgIpc) is 2.78. The van der Waals surface area contributed by atoms with Gasteiger partial charge in [0, 0.05) is 37.3 Å². The summed E-state index contributed by atoms with van der Waals surface area (Å²) in [4.78, 5) is 28.3. The molecule has 0 bridgehead atoms. The lowest BCUT2D eigenvalue weighted by molar-refractivity contribution is 0.0761. The minimum atomic E-state index is -0.561. The fourth-order valence-corrected chi connectivity index (χ4v) is 2.71. The van der Waals surface area contributed by atoms with Crippen LogP contribution in [-0.2, 0) is 0 Å². The zero-order valence-electron chi connectivity index (χ0n) is 15.3. The summed E-state index contributed by atoms with van der Waals surface area (Å²) in [5, 5.41) is 2.93. The highest BCUT2D eigenvalue weighted by Gasteiger charge is 2.25. The average molecular weight is 351 g/mol. The molecule has 6 nitrogen and oxygen atoms in total. The molecule has 2 rings (SSSR count). The molecule has 1 heterocycles. The first-order chi connectivity index (χ1) is 11.7. The van der Waals surface area contributed by atoms with E-state index in [-0.39, 0.29) is 28.8 Å². The topological polar surface area (TPSA) is 61.9 Å². The number of nitrogens with zero attached hydrogens (tertiary/aromatic N) is 2. The third-order valence-corrected chi connectivity index (χ3v) is 3.95. The lowest BCUT2D eigenvalue weighted by atomic mass is 10.1. The van der Waals surface area contributed by atoms with Crippen molar-refractivity contribution in [2.45, 2.75) is 32.7 Å². The maximum atomic E-state index is 13.8. The summed E-state index contributed by atoms with van der Waals surface area (Å²) in [6.45, 7) is 7.77. The summed E-state index contributed by atoms with van der Waals surface area (Å²) in [6.07, 6.45) is 0.682. The molecule has 1 fully saturated rings. The highest BCUT2D eigenvalue weighted by Crippen LogP contribution is 2.19. The van der Waals surface area contributed by atoms with Crippen molar-refractivity contribution in [3.63, 3.8) is 0 Å². The Bertz CT molecular complexity index is 643. The molecule has 1 aliphatic heterocycles. The van der Waals surface area contributed by atoms with Gasteiger partial charge in [0.1, 0.15) is 0 Å². The molecule has 0 unspecified atom stereocenters. The van der Waals surface area contributed by atoms with Crippen molar-refractivity contribution in [3.8, 4) is 5.75 Å². The number of methoxy groups -OCH3 is 1. The van der Waals surface area contributed by atoms with Crippen molar-refractivity contribution in [1.82, 2.24) is 15.1 Å². The van der Waals surface area contributed by atoms with Gasteiger partial charge < -0.3 is 19.9 Å². The van der Waals surface area contributed by atoms with Gasteiger partial charge in [0.2, 0.25) is 0 Å². The van der Waals surface area contributed by atoms with Crippen LogP contribution in [0.25, 0.3) is 0 Å². The maximum absolute atomic E-state index is 13.8. The molecule has 0 saturated carbocycles. The number of amides is 3. The molecule has 1 aromatic rings. The Balaban J connectivity index is 2.01. The van der Waals surface area contributed by atoms with Gasteiger partial charge >= 0.3 is 6.03 Å². The fourth-order valence-electron chi connectivity index (χ4n) is 2.71. The van der Waals surface area contributed by atoms with Gasteiger partial charge in [-0.15, -0.1) is 0 Å². The molecule has 0 aromatic heterocycles. The number of hydrogen-bond acceptors (Lipinski definition) is 3. The van der Waals surface area contributed by atoms with E-state index in [2.05, 4.69) is 5.32 Å². The molecule has 0 radical (unpaired) electrons. The lowest BCUT2D eigenvalue weighted by Crippen LogP contribution is -2.49. The summed E-state index contributed by atoms with van der Waals surface area (Å²) in [7, 11) is 1.38. The molecule has 1 aromatic carbocycles. The van der Waals surface area contributed by atoms with E-state index in [4.69, 9.17) is 4.74 Å². The van der Waals surface area contributed by atoms with Gasteiger partial charge in [0.25, 0.3) is 5.91 Å². The van der Waals surface area contributed by atoms with Crippen LogP contribution in [0.5, 0.6) is 5.75 Å². The van der Waals surface area contributed by atoms with Gasteiger partial charge in [0.05, 0.1) is 7.11 Å². The number of carbonyl (C=O) groups excluding carboxylic acids is 2. The SMILES string of the molecule is COc1ccc(C(=O)N2CCCN(C(=O)NC(C)(C)C)CC2)cc1F. The van der Waals surface area contributed by atoms with Gasteiger partial charge in [-0.05, 0) is 45.4 Å². The second kappa shape index (κ2) is 7.72. The first-order valence-corrected chi connectivity index (χ1v) is 8.41. The van der Waals surface area contributed by atoms with Crippen molar-refractivity contribution in [3.05, 3.63) is 29.6 Å². The standard InChI is InChI=1S/C18H26FN3O3/c1-18(2,3)20-17(24)22-9-5-8-21(10-11-22)16(23)13-6-7-15(25-4)14(19)12-13/h6-7,12H,5,8-11H2,1-4H3,(H,20,24). The summed E-state index contributed by atoms with van der Waals surface area (Å²) in [5.74, 6) is -0.688. The molecule has 138 valence electrons. The second-order valence-electron chi connectivity index (χ2n) is 7.16. The molecular weight excluding hydrogens is 325 g/mol. The summed E-state index contributed by atoms with van der Waals surface area (Å²) in [6, 6.07) is 4.07. The molecule has 0 atom stereocenters. The third-order valence-electron chi connectivity index (χ3n) is 3.95. The molecule has 25 heavy (non-hydrogen) atoms. The van der Waals surface area contributed by atoms with Crippen LogP contribution in [-0.4, -0.2) is 60.6 Å². The molecular formula is C18H26FN3O3. The van der Waals surface area contributed by atoms with Crippen LogP contribution < -0.4 is 10.1 Å². The number of halogens is 1. The lowest BCUT2D eigenvalue weighted by Gasteiger charge is -2.27. The zero-order valence-corrected chi connectivity index (χ0v) is 15.3. The predicted octanol–water partition coefficient (Wildman–Crippen LogP) is 2.49. The van der Waals surface area contributed by atoms with Crippen molar-refractivity contribution in [2.24, 2.45) is 0 Å². The molecule has 3 amide bonds. The monoisotopic (exact) mass is 351 g/mol. The first-order valence-electron chi connectivity index (χ1n) is 8.41. The van der Waals surface area contributed by atoms with Crippen molar-refractivity contribution in [2.75, 3.05) is 33.3 Å². The molecule has 1 aliphatic rings. The Labute approximate surface area is 147 Å². The van der Waals surface area contributed by atoms with E-state index >= 15 is 0 Å². The summed E-state index contributed by atoms with van der Waals surface area (Å²) < 4.78 is 18.7. The first kappa shape index (κ1) is 19.0. The fraction of sp³-hybridized carbons (Fsp3) is 0.556. The minimum absolute atomic E-state index is 0.109. The maximum Gasteiger partial charge on any atom is 0.317 e. The van der Waals surface area contributed by atoms with E-state index in [0.717, 1.165) is 0 Å². The van der Waals surface area contributed by atoms with Gasteiger partial charge in [-0.3, -0.25) is 4.79 Å². The number of benzene rings is 1. The number of nitrogens with one attached hydrogen (secondary N) is 1. The molecule has 0 aliphatic carbocycles. The smallest absolute Gasteiger partial charge is 0.317 e. The van der Waals surface area contributed by atoms with Gasteiger partial charge in [0.15, 0.2) is 11.6 Å². The van der Waals surface area contributed by atoms with Crippen LogP contribution in [0.4, 0.5) is 9.18 Å². The van der Waals surface area contributed by atoms with Crippen LogP contribution in [0.3, 0.4) is 0 Å². The quantitative estimate of drug-likeness (QED) is 0.890. The highest BCUT2D eigenvalue weighted by atomic mass is 19.1. The molecule has 7 heteroatoms. The van der Waals surface area contributed by atoms with Gasteiger partial charge in [-0.25, -0.2) is 9.18 Å². The summed E-state index contributed by atoms with van der Waals surface area (Å²) in [5.41, 5.74) is -0.0228. The summed E-state index contributed by atoms with van der Waals surface area (Å²) >= 11 is 0. The zero-order chi connectivity index (χ0) is 18.6. The minimum Gasteiger partial charge on any atom is -0.494 e. The Kier molecular flexibility index (Phi) is 5.87. The van der Waals surface area contributed by atoms with Crippen molar-refractivity contribution in [1.29, 1.82) is 0 Å². The Hall–Kier alpha value is -2.31. The van der Waals surface area contributed by atoms with E-state index in [1.807, 2.05) is 20.8 Å². The Morgan fingerprint density at radius 2 is 1.76 bits per heavy atom. The van der Waals surface area contributed by atoms with Crippen molar-refractivity contribution >= 4 is 11.9 Å². The van der Waals surface area contributed by atoms with Crippen LogP contribution in [0.15, 0.2) is 18.2 Å². The molecule has 0 spiro atoms. The normalized spacial score (nSPS) is 15.6. The van der Waals surface area contributed by atoms with Crippen LogP contribution in [0.1, 0.15) is 37.6 Å². The predicted molar refractivity (Wildman–Crippen MR) is 93.3 cm³/mol. The van der Waals surface area contributed by atoms with E-state index in [1.54, 1.807) is 15.9 Å². The van der Waals surface area contributed by atoms with Gasteiger partial charge in [-0.2, -0.15) is 0 Å². The second-order valence-corrected chi connectivity index (χ2v) is 7.16. The van der Waals surface area contributed by atoms with E-state index in [9.17, 15) is 14.0 Å². The van der Waals surface area contributed by atoms with Gasteiger partial charge in [-0.1, -0.05) is 0 Å². The van der Waals surface area contributed by atoms with Crippen molar-refractivity contribution < 1.29 is 18.7 Å². The third kappa shape index (κ3) is 5.08. The number of rotatable bonds is 2. The Morgan fingerprint density at radius 1 is 1.12 bits per heavy atom. The van der Waals surface area contributed by atoms with E-state index in [0.29, 0.717) is 32.6 Å². The molecule has 1 N–H and O–H groups in total. The van der Waals surface area contributed by atoms with Crippen LogP contribution in [0, 0.1) is 5.82 Å². The largest absolute Gasteiger partial charge is 0.494 e. The number of hydrogen-bond donors (Lipinski definition) is 1.